The molecule has 0 unspecified atom stereocenters. The van der Waals surface area contributed by atoms with Crippen LogP contribution in [-0.2, 0) is 21.2 Å². The number of aliphatic hydroxyl groups excluding tert-OH is 1. The predicted octanol–water partition coefficient (Wildman–Crippen LogP) is 2.38. The molecule has 0 saturated carbocycles. The molecule has 0 radical (unpaired) electrons. The summed E-state index contributed by atoms with van der Waals surface area (Å²) >= 11 is 0. The molecule has 0 spiro atoms. The van der Waals surface area contributed by atoms with Gasteiger partial charge in [0.2, 0.25) is 15.9 Å². The molecule has 0 saturated heterocycles. The third-order valence-corrected chi connectivity index (χ3v) is 7.81. The molecule has 208 valence electrons. The average Bonchev–Trinajstić information content (AvgIpc) is 2.91. The Morgan fingerprint density at radius 1 is 1.21 bits per heavy atom. The lowest BCUT2D eigenvalue weighted by Crippen LogP contribution is -2.48. The lowest BCUT2D eigenvalue weighted by molar-refractivity contribution is -0.134. The molecule has 3 atom stereocenters. The van der Waals surface area contributed by atoms with Gasteiger partial charge in [0.15, 0.2) is 0 Å². The van der Waals surface area contributed by atoms with Crippen molar-refractivity contribution in [2.75, 3.05) is 50.7 Å². The molecule has 0 aliphatic carbocycles. The van der Waals surface area contributed by atoms with E-state index in [1.807, 2.05) is 6.92 Å². The summed E-state index contributed by atoms with van der Waals surface area (Å²) in [7, 11) is -0.420. The minimum absolute atomic E-state index is 0.0172. The van der Waals surface area contributed by atoms with Gasteiger partial charge >= 0.3 is 6.03 Å². The highest BCUT2D eigenvalue weighted by atomic mass is 32.2. The van der Waals surface area contributed by atoms with E-state index in [0.29, 0.717) is 28.4 Å². The van der Waals surface area contributed by atoms with Crippen molar-refractivity contribution in [2.45, 2.75) is 32.4 Å². The van der Waals surface area contributed by atoms with E-state index in [9.17, 15) is 23.1 Å². The zero-order chi connectivity index (χ0) is 28.0. The molecule has 1 aliphatic rings. The van der Waals surface area contributed by atoms with Crippen molar-refractivity contribution < 1.29 is 32.6 Å². The highest BCUT2D eigenvalue weighted by molar-refractivity contribution is 7.88. The molecule has 12 heteroatoms. The van der Waals surface area contributed by atoms with Gasteiger partial charge in [0, 0.05) is 36.4 Å². The van der Waals surface area contributed by atoms with Crippen molar-refractivity contribution >= 4 is 33.3 Å². The van der Waals surface area contributed by atoms with Crippen molar-refractivity contribution in [2.24, 2.45) is 5.92 Å². The van der Waals surface area contributed by atoms with Crippen molar-refractivity contribution in [1.82, 2.24) is 9.21 Å². The maximum atomic E-state index is 13.3. The second-order valence-electron chi connectivity index (χ2n) is 9.56. The summed E-state index contributed by atoms with van der Waals surface area (Å²) in [6.07, 6.45) is 0.542. The number of amides is 3. The Labute approximate surface area is 223 Å². The Morgan fingerprint density at radius 3 is 2.45 bits per heavy atom. The number of nitrogens with zero attached hydrogens (tertiary/aromatic N) is 2. The van der Waals surface area contributed by atoms with Crippen LogP contribution in [0.4, 0.5) is 16.2 Å². The van der Waals surface area contributed by atoms with Crippen molar-refractivity contribution in [3.63, 3.8) is 0 Å². The summed E-state index contributed by atoms with van der Waals surface area (Å²) in [4.78, 5) is 27.5. The van der Waals surface area contributed by atoms with Crippen molar-refractivity contribution in [3.05, 3.63) is 48.0 Å². The van der Waals surface area contributed by atoms with E-state index in [1.165, 1.54) is 11.4 Å². The Morgan fingerprint density at radius 2 is 1.84 bits per heavy atom. The summed E-state index contributed by atoms with van der Waals surface area (Å²) in [5.74, 6) is 0.645. The number of aliphatic hydroxyl groups is 1. The molecule has 2 aromatic carbocycles. The first-order valence-electron chi connectivity index (χ1n) is 12.2. The number of benzene rings is 2. The Balaban J connectivity index is 1.87. The van der Waals surface area contributed by atoms with Crippen LogP contribution in [0.2, 0.25) is 0 Å². The minimum Gasteiger partial charge on any atom is -0.497 e. The summed E-state index contributed by atoms with van der Waals surface area (Å²) < 4.78 is 36.8. The van der Waals surface area contributed by atoms with Gasteiger partial charge in [0.1, 0.15) is 17.6 Å². The molecule has 1 aliphatic heterocycles. The number of rotatable bonds is 8. The van der Waals surface area contributed by atoms with Gasteiger partial charge in [-0.15, -0.1) is 0 Å². The highest BCUT2D eigenvalue weighted by Crippen LogP contribution is 2.29. The Hall–Kier alpha value is -3.35. The van der Waals surface area contributed by atoms with Crippen LogP contribution in [0.5, 0.6) is 11.5 Å². The summed E-state index contributed by atoms with van der Waals surface area (Å²) in [6, 6.07) is 11.0. The number of likely N-dealkylation sites (N-methyl/N-ethyl adjacent to an activating group) is 1. The lowest BCUT2D eigenvalue weighted by atomic mass is 10.0. The van der Waals surface area contributed by atoms with E-state index >= 15 is 0 Å². The zero-order valence-electron chi connectivity index (χ0n) is 22.3. The molecule has 0 fully saturated rings. The molecule has 0 bridgehead atoms. The number of urea groups is 1. The van der Waals surface area contributed by atoms with Gasteiger partial charge in [-0.05, 0) is 49.4 Å². The molecule has 3 N–H and O–H groups in total. The topological polar surface area (TPSA) is 138 Å². The third-order valence-electron chi connectivity index (χ3n) is 6.53. The van der Waals surface area contributed by atoms with Gasteiger partial charge in [-0.25, -0.2) is 17.5 Å². The number of carbonyl (C=O) groups is 2. The number of carbonyl (C=O) groups excluding carboxylic acids is 2. The smallest absolute Gasteiger partial charge is 0.323 e. The molecule has 1 heterocycles. The van der Waals surface area contributed by atoms with Crippen LogP contribution < -0.4 is 20.1 Å². The molecule has 2 aromatic rings. The van der Waals surface area contributed by atoms with E-state index in [0.717, 1.165) is 6.26 Å². The first-order chi connectivity index (χ1) is 17.9. The molecule has 3 amide bonds. The summed E-state index contributed by atoms with van der Waals surface area (Å²) in [6.45, 7) is 3.79. The van der Waals surface area contributed by atoms with Gasteiger partial charge in [0.05, 0.1) is 39.0 Å². The van der Waals surface area contributed by atoms with E-state index in [-0.39, 0.29) is 37.9 Å². The van der Waals surface area contributed by atoms with Crippen LogP contribution in [0.3, 0.4) is 0 Å². The Bertz CT molecular complexity index is 1240. The van der Waals surface area contributed by atoms with Crippen LogP contribution >= 0.6 is 0 Å². The first-order valence-corrected chi connectivity index (χ1v) is 14.1. The van der Waals surface area contributed by atoms with E-state index in [2.05, 4.69) is 10.6 Å². The van der Waals surface area contributed by atoms with E-state index in [1.54, 1.807) is 61.4 Å². The number of nitrogens with one attached hydrogen (secondary N) is 2. The lowest BCUT2D eigenvalue weighted by Gasteiger charge is -2.33. The standard InChI is InChI=1S/C26H36N4O7S/c1-17-14-30(18(2)16-31)25(32)13-19-12-21(28-26(33)27-20-6-9-22(36-4)10-7-20)8-11-23(19)37-24(17)15-29(3)38(5,34)35/h6-12,17-18,24,31H,13-16H2,1-5H3,(H2,27,28,33)/t17-,18-,24+/m1/s1. The zero-order valence-corrected chi connectivity index (χ0v) is 23.1. The fraction of sp³-hybridized carbons (Fsp3) is 0.462. The maximum absolute atomic E-state index is 13.3. The number of hydrogen-bond donors (Lipinski definition) is 3. The second kappa shape index (κ2) is 12.5. The Kier molecular flexibility index (Phi) is 9.58. The average molecular weight is 549 g/mol. The van der Waals surface area contributed by atoms with E-state index < -0.39 is 28.2 Å². The number of hydrogen-bond acceptors (Lipinski definition) is 7. The normalized spacial score (nSPS) is 18.9. The van der Waals surface area contributed by atoms with Crippen LogP contribution in [-0.4, -0.2) is 86.9 Å². The predicted molar refractivity (Wildman–Crippen MR) is 145 cm³/mol. The first kappa shape index (κ1) is 29.2. The SMILES string of the molecule is COc1ccc(NC(=O)Nc2ccc3c(c2)CC(=O)N([C@H](C)CO)C[C@@H](C)[C@H](CN(C)S(C)(=O)=O)O3)cc1. The quantitative estimate of drug-likeness (QED) is 0.461. The largest absolute Gasteiger partial charge is 0.497 e. The molecule has 0 aromatic heterocycles. The van der Waals surface area contributed by atoms with Gasteiger partial charge in [-0.3, -0.25) is 4.79 Å². The fourth-order valence-electron chi connectivity index (χ4n) is 4.08. The van der Waals surface area contributed by atoms with Gasteiger partial charge < -0.3 is 30.1 Å². The van der Waals surface area contributed by atoms with Crippen molar-refractivity contribution in [1.29, 1.82) is 0 Å². The van der Waals surface area contributed by atoms with Gasteiger partial charge in [-0.1, -0.05) is 6.92 Å². The molecular weight excluding hydrogens is 512 g/mol. The summed E-state index contributed by atoms with van der Waals surface area (Å²) in [5.41, 5.74) is 1.56. The van der Waals surface area contributed by atoms with Crippen molar-refractivity contribution in [3.8, 4) is 11.5 Å². The van der Waals surface area contributed by atoms with Gasteiger partial charge in [-0.2, -0.15) is 0 Å². The van der Waals surface area contributed by atoms with Crippen LogP contribution in [0.25, 0.3) is 0 Å². The third kappa shape index (κ3) is 7.59. The van der Waals surface area contributed by atoms with Crippen LogP contribution in [0.15, 0.2) is 42.5 Å². The second-order valence-corrected chi connectivity index (χ2v) is 11.7. The number of ether oxygens (including phenoxy) is 2. The number of fused-ring (bicyclic) bond motifs is 1. The number of sulfonamides is 1. The summed E-state index contributed by atoms with van der Waals surface area (Å²) in [5, 5.41) is 15.3. The van der Waals surface area contributed by atoms with Crippen LogP contribution in [0, 0.1) is 5.92 Å². The maximum Gasteiger partial charge on any atom is 0.323 e. The number of anilines is 2. The molecule has 38 heavy (non-hydrogen) atoms. The molecule has 3 rings (SSSR count). The minimum atomic E-state index is -3.46. The molecular formula is C26H36N4O7S. The fourth-order valence-corrected chi connectivity index (χ4v) is 4.50. The van der Waals surface area contributed by atoms with E-state index in [4.69, 9.17) is 9.47 Å². The number of methoxy groups -OCH3 is 1. The monoisotopic (exact) mass is 548 g/mol. The van der Waals surface area contributed by atoms with Gasteiger partial charge in [0.25, 0.3) is 0 Å². The molecule has 11 nitrogen and oxygen atoms in total. The van der Waals surface area contributed by atoms with Crippen LogP contribution in [0.1, 0.15) is 19.4 Å². The highest BCUT2D eigenvalue weighted by Gasteiger charge is 2.32.